The van der Waals surface area contributed by atoms with Gasteiger partial charge in [0.05, 0.1) is 18.0 Å². The largest absolute Gasteiger partial charge is 0.496 e. The predicted molar refractivity (Wildman–Crippen MR) is 107 cm³/mol. The first-order chi connectivity index (χ1) is 13.0. The number of fused-ring (bicyclic) bond motifs is 1. The molecule has 0 atom stereocenters. The number of rotatable bonds is 5. The molecule has 0 radical (unpaired) electrons. The first-order valence-corrected chi connectivity index (χ1v) is 9.00. The number of aromatic amines is 1. The third-order valence-electron chi connectivity index (χ3n) is 3.66. The van der Waals surface area contributed by atoms with E-state index >= 15 is 0 Å². The van der Waals surface area contributed by atoms with Gasteiger partial charge >= 0.3 is 5.97 Å². The molecule has 0 aliphatic heterocycles. The number of hydrogen-bond donors (Lipinski definition) is 1. The van der Waals surface area contributed by atoms with Gasteiger partial charge in [-0.1, -0.05) is 27.5 Å². The highest BCUT2D eigenvalue weighted by molar-refractivity contribution is 9.10. The lowest BCUT2D eigenvalue weighted by Crippen LogP contribution is -2.13. The van der Waals surface area contributed by atoms with Gasteiger partial charge in [-0.15, -0.1) is 0 Å². The van der Waals surface area contributed by atoms with Crippen molar-refractivity contribution in [2.24, 2.45) is 0 Å². The summed E-state index contributed by atoms with van der Waals surface area (Å²) in [5, 5.41) is 0.880. The van der Waals surface area contributed by atoms with Crippen LogP contribution in [0.2, 0.25) is 5.02 Å². The molecule has 3 aromatic rings. The molecular weight excluding hydrogens is 436 g/mol. The Morgan fingerprint density at radius 3 is 2.89 bits per heavy atom. The first kappa shape index (κ1) is 19.1. The quantitative estimate of drug-likeness (QED) is 0.468. The number of nitrogens with one attached hydrogen (secondary N) is 1. The Hall–Kier alpha value is -2.64. The fourth-order valence-electron chi connectivity index (χ4n) is 2.41. The molecule has 0 bridgehead atoms. The third kappa shape index (κ3) is 4.75. The van der Waals surface area contributed by atoms with E-state index in [-0.39, 0.29) is 18.0 Å². The van der Waals surface area contributed by atoms with E-state index < -0.39 is 5.97 Å². The minimum atomic E-state index is -0.578. The molecule has 0 saturated carbocycles. The van der Waals surface area contributed by atoms with Crippen LogP contribution in [-0.4, -0.2) is 23.0 Å². The van der Waals surface area contributed by atoms with Crippen molar-refractivity contribution < 1.29 is 14.3 Å². The fourth-order valence-corrected chi connectivity index (χ4v) is 2.96. The average Bonchev–Trinajstić information content (AvgIpc) is 2.64. The van der Waals surface area contributed by atoms with Crippen molar-refractivity contribution in [3.05, 3.63) is 73.7 Å². The number of carbonyl (C=O) groups excluding carboxylic acids is 1. The van der Waals surface area contributed by atoms with E-state index in [2.05, 4.69) is 25.9 Å². The number of methoxy groups -OCH3 is 1. The van der Waals surface area contributed by atoms with Gasteiger partial charge in [0.25, 0.3) is 5.56 Å². The lowest BCUT2D eigenvalue weighted by molar-refractivity contribution is -0.139. The fraction of sp³-hybridized carbons (Fsp3) is 0.105. The standard InChI is InChI=1S/C19H14BrClN2O4/c1-26-16-6-3-12(20)8-11(16)2-7-18(24)27-10-17-22-15-9-13(21)4-5-14(15)19(25)23-17/h2-9H,10H2,1H3,(H,22,23,25)/b7-2+. The molecule has 1 aromatic heterocycles. The zero-order valence-corrected chi connectivity index (χ0v) is 16.5. The summed E-state index contributed by atoms with van der Waals surface area (Å²) >= 11 is 9.29. The molecule has 0 fully saturated rings. The highest BCUT2D eigenvalue weighted by atomic mass is 79.9. The van der Waals surface area contributed by atoms with Crippen LogP contribution >= 0.6 is 27.5 Å². The van der Waals surface area contributed by atoms with Gasteiger partial charge < -0.3 is 14.5 Å². The second kappa shape index (κ2) is 8.37. The number of H-pyrrole nitrogens is 1. The molecule has 0 aliphatic carbocycles. The van der Waals surface area contributed by atoms with Crippen LogP contribution in [0.1, 0.15) is 11.4 Å². The molecule has 27 heavy (non-hydrogen) atoms. The van der Waals surface area contributed by atoms with E-state index in [1.165, 1.54) is 6.08 Å². The number of ether oxygens (including phenoxy) is 2. The minimum absolute atomic E-state index is 0.170. The van der Waals surface area contributed by atoms with Gasteiger partial charge in [-0.05, 0) is 42.5 Å². The van der Waals surface area contributed by atoms with Crippen LogP contribution in [0.3, 0.4) is 0 Å². The molecule has 1 heterocycles. The van der Waals surface area contributed by atoms with Crippen LogP contribution in [0.5, 0.6) is 5.75 Å². The Morgan fingerprint density at radius 1 is 1.30 bits per heavy atom. The summed E-state index contributed by atoms with van der Waals surface area (Å²) in [4.78, 5) is 30.9. The van der Waals surface area contributed by atoms with Gasteiger partial charge in [0, 0.05) is 21.1 Å². The van der Waals surface area contributed by atoms with Crippen LogP contribution in [0.15, 0.2) is 51.7 Å². The Labute approximate surface area is 167 Å². The second-order valence-electron chi connectivity index (χ2n) is 5.50. The summed E-state index contributed by atoms with van der Waals surface area (Å²) in [5.41, 5.74) is 0.833. The van der Waals surface area contributed by atoms with Crippen molar-refractivity contribution in [3.8, 4) is 5.75 Å². The Bertz CT molecular complexity index is 1090. The Kier molecular flexibility index (Phi) is 5.93. The molecule has 3 rings (SSSR count). The number of benzene rings is 2. The molecule has 6 nitrogen and oxygen atoms in total. The molecule has 0 unspecified atom stereocenters. The maximum Gasteiger partial charge on any atom is 0.331 e. The normalized spacial score (nSPS) is 11.1. The van der Waals surface area contributed by atoms with Crippen molar-refractivity contribution in [2.45, 2.75) is 6.61 Å². The molecule has 2 aromatic carbocycles. The number of esters is 1. The van der Waals surface area contributed by atoms with E-state index in [0.29, 0.717) is 21.7 Å². The van der Waals surface area contributed by atoms with Gasteiger partial charge in [0.15, 0.2) is 0 Å². The summed E-state index contributed by atoms with van der Waals surface area (Å²) in [5.74, 6) is 0.280. The predicted octanol–water partition coefficient (Wildman–Crippen LogP) is 4.10. The van der Waals surface area contributed by atoms with Crippen molar-refractivity contribution in [2.75, 3.05) is 7.11 Å². The number of carbonyl (C=O) groups is 1. The molecule has 1 N–H and O–H groups in total. The van der Waals surface area contributed by atoms with E-state index in [0.717, 1.165) is 10.0 Å². The zero-order chi connectivity index (χ0) is 19.4. The lowest BCUT2D eigenvalue weighted by atomic mass is 10.2. The minimum Gasteiger partial charge on any atom is -0.496 e. The molecule has 0 spiro atoms. The van der Waals surface area contributed by atoms with Crippen molar-refractivity contribution in [1.82, 2.24) is 9.97 Å². The third-order valence-corrected chi connectivity index (χ3v) is 4.39. The number of nitrogens with zero attached hydrogens (tertiary/aromatic N) is 1. The lowest BCUT2D eigenvalue weighted by Gasteiger charge is -2.05. The van der Waals surface area contributed by atoms with Gasteiger partial charge in [-0.25, -0.2) is 9.78 Å². The Balaban J connectivity index is 1.72. The number of halogens is 2. The smallest absolute Gasteiger partial charge is 0.331 e. The van der Waals surface area contributed by atoms with Crippen LogP contribution < -0.4 is 10.3 Å². The molecule has 138 valence electrons. The van der Waals surface area contributed by atoms with Crippen molar-refractivity contribution in [3.63, 3.8) is 0 Å². The molecule has 8 heteroatoms. The second-order valence-corrected chi connectivity index (χ2v) is 6.85. The van der Waals surface area contributed by atoms with E-state index in [4.69, 9.17) is 21.1 Å². The summed E-state index contributed by atoms with van der Waals surface area (Å²) in [7, 11) is 1.55. The highest BCUT2D eigenvalue weighted by Crippen LogP contribution is 2.24. The van der Waals surface area contributed by atoms with Crippen molar-refractivity contribution >= 4 is 50.5 Å². The van der Waals surface area contributed by atoms with Crippen LogP contribution in [0, 0.1) is 0 Å². The number of hydrogen-bond acceptors (Lipinski definition) is 5. The molecule has 0 saturated heterocycles. The van der Waals surface area contributed by atoms with Crippen LogP contribution in [-0.2, 0) is 16.1 Å². The van der Waals surface area contributed by atoms with Crippen LogP contribution in [0.4, 0.5) is 0 Å². The van der Waals surface area contributed by atoms with Gasteiger partial charge in [0.1, 0.15) is 18.2 Å². The van der Waals surface area contributed by atoms with Gasteiger partial charge in [-0.2, -0.15) is 0 Å². The summed E-state index contributed by atoms with van der Waals surface area (Å²) < 4.78 is 11.2. The SMILES string of the molecule is COc1ccc(Br)cc1/C=C/C(=O)OCc1nc2cc(Cl)ccc2c(=O)[nH]1. The van der Waals surface area contributed by atoms with Gasteiger partial charge in [0.2, 0.25) is 0 Å². The maximum atomic E-state index is 12.1. The average molecular weight is 450 g/mol. The van der Waals surface area contributed by atoms with E-state index in [9.17, 15) is 9.59 Å². The summed E-state index contributed by atoms with van der Waals surface area (Å²) in [6, 6.07) is 10.2. The zero-order valence-electron chi connectivity index (χ0n) is 14.2. The van der Waals surface area contributed by atoms with E-state index in [1.807, 2.05) is 12.1 Å². The van der Waals surface area contributed by atoms with Crippen molar-refractivity contribution in [1.29, 1.82) is 0 Å². The highest BCUT2D eigenvalue weighted by Gasteiger charge is 2.07. The molecular formula is C19H14BrClN2O4. The molecule has 0 aliphatic rings. The van der Waals surface area contributed by atoms with Crippen LogP contribution in [0.25, 0.3) is 17.0 Å². The number of aromatic nitrogens is 2. The summed E-state index contributed by atoms with van der Waals surface area (Å²) in [6.45, 7) is -0.170. The topological polar surface area (TPSA) is 81.3 Å². The van der Waals surface area contributed by atoms with E-state index in [1.54, 1.807) is 37.5 Å². The first-order valence-electron chi connectivity index (χ1n) is 7.83. The molecule has 0 amide bonds. The summed E-state index contributed by atoms with van der Waals surface area (Å²) in [6.07, 6.45) is 2.86. The monoisotopic (exact) mass is 448 g/mol. The Morgan fingerprint density at radius 2 is 2.11 bits per heavy atom. The maximum absolute atomic E-state index is 12.1. The van der Waals surface area contributed by atoms with Gasteiger partial charge in [-0.3, -0.25) is 4.79 Å².